The molecule has 2 aliphatic rings. The van der Waals surface area contributed by atoms with E-state index in [-0.39, 0.29) is 15.8 Å². The van der Waals surface area contributed by atoms with Gasteiger partial charge in [0.15, 0.2) is 0 Å². The SMILES string of the molecule is CCn1cc(C(=O)O)c(=O)c2cc(F)c(N3CCN(Cn4nc(CNc5ccc(N6CCN(c7ccccc7)CC6)nc5)oc4=S)CC3)cc21. The third-order valence-electron chi connectivity index (χ3n) is 9.33. The number of benzene rings is 2. The molecule has 260 valence electrons. The molecule has 13 nitrogen and oxygen atoms in total. The van der Waals surface area contributed by atoms with Gasteiger partial charge in [-0.15, -0.1) is 5.10 Å². The van der Waals surface area contributed by atoms with Gasteiger partial charge in [-0.2, -0.15) is 0 Å². The smallest absolute Gasteiger partial charge is 0.341 e. The molecule has 2 N–H and O–H groups in total. The van der Waals surface area contributed by atoms with Crippen LogP contribution in [0.2, 0.25) is 0 Å². The maximum atomic E-state index is 15.3. The number of anilines is 4. The first-order chi connectivity index (χ1) is 24.3. The number of halogens is 1. The Morgan fingerprint density at radius 2 is 1.70 bits per heavy atom. The summed E-state index contributed by atoms with van der Waals surface area (Å²) in [6.07, 6.45) is 3.14. The fourth-order valence-corrected chi connectivity index (χ4v) is 6.77. The van der Waals surface area contributed by atoms with Crippen molar-refractivity contribution >= 4 is 52.0 Å². The normalized spacial score (nSPS) is 15.5. The molecule has 2 fully saturated rings. The molecule has 2 aliphatic heterocycles. The quantitative estimate of drug-likeness (QED) is 0.200. The van der Waals surface area contributed by atoms with Crippen molar-refractivity contribution in [3.05, 3.63) is 99.3 Å². The second kappa shape index (κ2) is 14.3. The molecule has 0 unspecified atom stereocenters. The fraction of sp³-hybridized carbons (Fsp3) is 0.343. The van der Waals surface area contributed by atoms with Gasteiger partial charge < -0.3 is 34.1 Å². The van der Waals surface area contributed by atoms with Gasteiger partial charge in [-0.3, -0.25) is 9.69 Å². The zero-order valence-electron chi connectivity index (χ0n) is 27.7. The van der Waals surface area contributed by atoms with Crippen LogP contribution in [0.5, 0.6) is 0 Å². The lowest BCUT2D eigenvalue weighted by molar-refractivity contribution is 0.0694. The number of rotatable bonds is 10. The van der Waals surface area contributed by atoms with Crippen molar-refractivity contribution < 1.29 is 18.7 Å². The van der Waals surface area contributed by atoms with E-state index in [4.69, 9.17) is 16.6 Å². The Kier molecular flexibility index (Phi) is 9.50. The molecule has 5 heterocycles. The summed E-state index contributed by atoms with van der Waals surface area (Å²) in [5, 5.41) is 17.4. The Hall–Kier alpha value is -5.28. The molecule has 3 aromatic heterocycles. The van der Waals surface area contributed by atoms with Gasteiger partial charge in [0.2, 0.25) is 11.3 Å². The van der Waals surface area contributed by atoms with Crippen LogP contribution < -0.4 is 25.4 Å². The van der Waals surface area contributed by atoms with Crippen molar-refractivity contribution in [1.82, 2.24) is 24.2 Å². The van der Waals surface area contributed by atoms with Crippen LogP contribution in [0.4, 0.5) is 27.3 Å². The number of aromatic nitrogens is 4. The summed E-state index contributed by atoms with van der Waals surface area (Å²) in [5.74, 6) is -0.483. The number of carboxylic acids is 1. The van der Waals surface area contributed by atoms with Crippen LogP contribution in [0.15, 0.2) is 76.2 Å². The van der Waals surface area contributed by atoms with Crippen LogP contribution in [0.25, 0.3) is 10.9 Å². The minimum absolute atomic E-state index is 0.0546. The third kappa shape index (κ3) is 6.91. The second-order valence-corrected chi connectivity index (χ2v) is 12.7. The van der Waals surface area contributed by atoms with Gasteiger partial charge in [0, 0.05) is 76.2 Å². The molecule has 0 atom stereocenters. The highest BCUT2D eigenvalue weighted by atomic mass is 32.1. The highest BCUT2D eigenvalue weighted by Crippen LogP contribution is 2.27. The van der Waals surface area contributed by atoms with Gasteiger partial charge in [0.25, 0.3) is 4.84 Å². The molecule has 0 radical (unpaired) electrons. The Bertz CT molecular complexity index is 2100. The van der Waals surface area contributed by atoms with Crippen molar-refractivity contribution in [2.75, 3.05) is 72.4 Å². The second-order valence-electron chi connectivity index (χ2n) is 12.4. The summed E-state index contributed by atoms with van der Waals surface area (Å²) < 4.78 is 24.4. The van der Waals surface area contributed by atoms with Crippen LogP contribution in [-0.4, -0.2) is 87.7 Å². The molecule has 0 saturated carbocycles. The lowest BCUT2D eigenvalue weighted by Gasteiger charge is -2.36. The molecule has 0 amide bonds. The van der Waals surface area contributed by atoms with E-state index in [0.717, 1.165) is 43.8 Å². The average molecular weight is 700 g/mol. The summed E-state index contributed by atoms with van der Waals surface area (Å²) in [4.78, 5) is 38.0. The number of nitrogens with zero attached hydrogens (tertiary/aromatic N) is 8. The summed E-state index contributed by atoms with van der Waals surface area (Å²) in [6, 6.07) is 17.3. The number of aryl methyl sites for hydroxylation is 1. The standard InChI is InChI=1S/C35H38FN9O4S/c1-2-41-22-27(34(47)48)33(46)26-18-28(36)30(19-29(26)41)43-12-10-40(11-13-43)23-45-35(50)49-32(39-45)21-37-24-8-9-31(38-20-24)44-16-14-42(15-17-44)25-6-4-3-5-7-25/h3-9,18-20,22,37H,2,10-17,21,23H2,1H3,(H,47,48). The summed E-state index contributed by atoms with van der Waals surface area (Å²) >= 11 is 5.46. The maximum absolute atomic E-state index is 15.3. The maximum Gasteiger partial charge on any atom is 0.341 e. The van der Waals surface area contributed by atoms with E-state index in [9.17, 15) is 14.7 Å². The topological polar surface area (TPSA) is 128 Å². The highest BCUT2D eigenvalue weighted by molar-refractivity contribution is 7.71. The van der Waals surface area contributed by atoms with Crippen molar-refractivity contribution in [2.24, 2.45) is 0 Å². The number of para-hydroxylation sites is 1. The average Bonchev–Trinajstić information content (AvgIpc) is 3.50. The van der Waals surface area contributed by atoms with Crippen LogP contribution in [-0.2, 0) is 19.8 Å². The van der Waals surface area contributed by atoms with E-state index in [1.807, 2.05) is 36.2 Å². The first-order valence-electron chi connectivity index (χ1n) is 16.7. The molecule has 0 spiro atoms. The molecule has 7 rings (SSSR count). The number of fused-ring (bicyclic) bond motifs is 1. The minimum atomic E-state index is -1.33. The van der Waals surface area contributed by atoms with Gasteiger partial charge in [-0.25, -0.2) is 18.9 Å². The number of carbonyl (C=O) groups is 1. The number of nitrogens with one attached hydrogen (secondary N) is 1. The molecule has 0 aliphatic carbocycles. The van der Waals surface area contributed by atoms with Crippen LogP contribution in [0.3, 0.4) is 0 Å². The van der Waals surface area contributed by atoms with Crippen LogP contribution in [0.1, 0.15) is 23.2 Å². The molecule has 50 heavy (non-hydrogen) atoms. The Labute approximate surface area is 292 Å². The van der Waals surface area contributed by atoms with Gasteiger partial charge in [0.05, 0.1) is 36.3 Å². The summed E-state index contributed by atoms with van der Waals surface area (Å²) in [7, 11) is 0. The lowest BCUT2D eigenvalue weighted by Crippen LogP contribution is -2.47. The fourth-order valence-electron chi connectivity index (χ4n) is 6.57. The number of hydrogen-bond acceptors (Lipinski definition) is 11. The van der Waals surface area contributed by atoms with Gasteiger partial charge in [-0.1, -0.05) is 18.2 Å². The molecule has 2 aromatic carbocycles. The predicted molar refractivity (Wildman–Crippen MR) is 192 cm³/mol. The van der Waals surface area contributed by atoms with E-state index < -0.39 is 17.2 Å². The summed E-state index contributed by atoms with van der Waals surface area (Å²) in [6.45, 7) is 9.07. The largest absolute Gasteiger partial charge is 0.477 e. The number of piperazine rings is 2. The van der Waals surface area contributed by atoms with Crippen molar-refractivity contribution in [3.63, 3.8) is 0 Å². The van der Waals surface area contributed by atoms with Crippen LogP contribution in [0, 0.1) is 10.7 Å². The number of aromatic carboxylic acids is 1. The Morgan fingerprint density at radius 1 is 0.980 bits per heavy atom. The van der Waals surface area contributed by atoms with Gasteiger partial charge in [0.1, 0.15) is 17.2 Å². The zero-order chi connectivity index (χ0) is 34.8. The molecular formula is C35H38FN9O4S. The van der Waals surface area contributed by atoms with Crippen LogP contribution >= 0.6 is 12.2 Å². The highest BCUT2D eigenvalue weighted by Gasteiger charge is 2.24. The Balaban J connectivity index is 0.920. The van der Waals surface area contributed by atoms with Gasteiger partial charge >= 0.3 is 5.97 Å². The molecule has 15 heteroatoms. The zero-order valence-corrected chi connectivity index (χ0v) is 28.5. The molecule has 2 saturated heterocycles. The van der Waals surface area contributed by atoms with E-state index in [1.54, 1.807) is 15.3 Å². The predicted octanol–water partition coefficient (Wildman–Crippen LogP) is 4.49. The van der Waals surface area contributed by atoms with Crippen molar-refractivity contribution in [1.29, 1.82) is 0 Å². The first-order valence-corrected chi connectivity index (χ1v) is 17.1. The molecule has 5 aromatic rings. The number of carboxylic acid groups (broad SMARTS) is 1. The first kappa shape index (κ1) is 33.2. The van der Waals surface area contributed by atoms with E-state index in [1.165, 1.54) is 11.9 Å². The Morgan fingerprint density at radius 3 is 2.38 bits per heavy atom. The third-order valence-corrected chi connectivity index (χ3v) is 9.63. The molecule has 0 bridgehead atoms. The van der Waals surface area contributed by atoms with Gasteiger partial charge in [-0.05, 0) is 55.5 Å². The summed E-state index contributed by atoms with van der Waals surface area (Å²) in [5.41, 5.74) is 1.91. The number of pyridine rings is 2. The van der Waals surface area contributed by atoms with E-state index in [0.29, 0.717) is 63.0 Å². The van der Waals surface area contributed by atoms with E-state index in [2.05, 4.69) is 54.4 Å². The minimum Gasteiger partial charge on any atom is -0.477 e. The van der Waals surface area contributed by atoms with E-state index >= 15 is 4.39 Å². The monoisotopic (exact) mass is 699 g/mol. The molecular weight excluding hydrogens is 662 g/mol. The lowest BCUT2D eigenvalue weighted by atomic mass is 10.1. The van der Waals surface area contributed by atoms with Crippen molar-refractivity contribution in [3.8, 4) is 0 Å². The van der Waals surface area contributed by atoms with Crippen molar-refractivity contribution in [2.45, 2.75) is 26.7 Å². The number of hydrogen-bond donors (Lipinski definition) is 2.